The molecule has 0 fully saturated rings. The lowest BCUT2D eigenvalue weighted by molar-refractivity contribution is -0.113. The van der Waals surface area contributed by atoms with Gasteiger partial charge in [-0.25, -0.2) is 4.79 Å². The molecule has 1 aromatic carbocycles. The Kier molecular flexibility index (Phi) is 3.60. The van der Waals surface area contributed by atoms with Gasteiger partial charge >= 0.3 is 6.09 Å². The number of carbonyl (C=O) groups is 2. The number of rotatable bonds is 1. The molecule has 1 atom stereocenters. The van der Waals surface area contributed by atoms with Gasteiger partial charge in [0.15, 0.2) is 0 Å². The first-order valence-electron chi connectivity index (χ1n) is 6.42. The second-order valence-electron chi connectivity index (χ2n) is 5.78. The Morgan fingerprint density at radius 1 is 1.32 bits per heavy atom. The van der Waals surface area contributed by atoms with E-state index in [0.29, 0.717) is 13.0 Å². The fourth-order valence-electron chi connectivity index (χ4n) is 2.19. The van der Waals surface area contributed by atoms with Crippen molar-refractivity contribution in [3.8, 4) is 0 Å². The summed E-state index contributed by atoms with van der Waals surface area (Å²) in [6.45, 7) is 5.88. The summed E-state index contributed by atoms with van der Waals surface area (Å²) in [4.78, 5) is 24.8. The summed E-state index contributed by atoms with van der Waals surface area (Å²) in [5, 5.41) is 0. The van der Waals surface area contributed by atoms with Crippen molar-refractivity contribution in [1.82, 2.24) is 4.90 Å². The van der Waals surface area contributed by atoms with Gasteiger partial charge in [0.2, 0.25) is 0 Å². The molecular weight excluding hydrogens is 242 g/mol. The predicted molar refractivity (Wildman–Crippen MR) is 71.8 cm³/mol. The van der Waals surface area contributed by atoms with E-state index in [4.69, 9.17) is 4.74 Å². The highest BCUT2D eigenvalue weighted by Gasteiger charge is 2.32. The van der Waals surface area contributed by atoms with Crippen molar-refractivity contribution in [2.24, 2.45) is 0 Å². The quantitative estimate of drug-likeness (QED) is 0.730. The van der Waals surface area contributed by atoms with Crippen LogP contribution < -0.4 is 0 Å². The topological polar surface area (TPSA) is 46.6 Å². The number of ether oxygens (including phenoxy) is 1. The van der Waals surface area contributed by atoms with Crippen LogP contribution in [0.1, 0.15) is 31.9 Å². The van der Waals surface area contributed by atoms with Gasteiger partial charge in [-0.05, 0) is 31.9 Å². The Bertz CT molecular complexity index is 490. The first-order valence-corrected chi connectivity index (χ1v) is 6.42. The molecule has 1 aliphatic heterocycles. The van der Waals surface area contributed by atoms with Crippen molar-refractivity contribution in [1.29, 1.82) is 0 Å². The molecule has 0 aliphatic carbocycles. The van der Waals surface area contributed by atoms with E-state index in [-0.39, 0.29) is 0 Å². The van der Waals surface area contributed by atoms with E-state index in [1.54, 1.807) is 0 Å². The minimum absolute atomic E-state index is 0.425. The Hall–Kier alpha value is -1.84. The van der Waals surface area contributed by atoms with Gasteiger partial charge in [0.25, 0.3) is 0 Å². The number of carbonyl (C=O) groups excluding carboxylic acids is 2. The number of hydrogen-bond acceptors (Lipinski definition) is 3. The summed E-state index contributed by atoms with van der Waals surface area (Å²) in [6.07, 6.45) is 0.942. The minimum atomic E-state index is -0.554. The monoisotopic (exact) mass is 261 g/mol. The number of fused-ring (bicyclic) bond motifs is 1. The van der Waals surface area contributed by atoms with Crippen molar-refractivity contribution >= 4 is 12.4 Å². The molecule has 0 radical (unpaired) electrons. The van der Waals surface area contributed by atoms with Crippen molar-refractivity contribution in [2.45, 2.75) is 45.4 Å². The lowest BCUT2D eigenvalue weighted by atomic mass is 9.95. The second kappa shape index (κ2) is 5.03. The van der Waals surface area contributed by atoms with Crippen molar-refractivity contribution in [2.75, 3.05) is 0 Å². The fraction of sp³-hybridized carbons (Fsp3) is 0.467. The van der Waals surface area contributed by atoms with Crippen LogP contribution in [0.4, 0.5) is 4.79 Å². The Balaban J connectivity index is 2.21. The Morgan fingerprint density at radius 2 is 1.95 bits per heavy atom. The number of hydrogen-bond donors (Lipinski definition) is 0. The van der Waals surface area contributed by atoms with Gasteiger partial charge in [0, 0.05) is 6.42 Å². The number of benzene rings is 1. The smallest absolute Gasteiger partial charge is 0.411 e. The van der Waals surface area contributed by atoms with Crippen LogP contribution in [0.3, 0.4) is 0 Å². The van der Waals surface area contributed by atoms with Crippen LogP contribution in [-0.4, -0.2) is 28.9 Å². The van der Waals surface area contributed by atoms with Crippen LogP contribution in [0.15, 0.2) is 24.3 Å². The molecule has 0 unspecified atom stereocenters. The molecule has 4 heteroatoms. The van der Waals surface area contributed by atoms with Gasteiger partial charge < -0.3 is 9.53 Å². The molecule has 0 saturated carbocycles. The van der Waals surface area contributed by atoms with Crippen LogP contribution in [0.25, 0.3) is 0 Å². The summed E-state index contributed by atoms with van der Waals surface area (Å²) in [5.74, 6) is 0. The maximum absolute atomic E-state index is 12.1. The highest BCUT2D eigenvalue weighted by molar-refractivity contribution is 5.75. The molecule has 19 heavy (non-hydrogen) atoms. The molecule has 0 N–H and O–H groups in total. The highest BCUT2D eigenvalue weighted by atomic mass is 16.6. The molecule has 1 heterocycles. The molecule has 2 rings (SSSR count). The number of amides is 1. The normalized spacial score (nSPS) is 18.7. The van der Waals surface area contributed by atoms with Crippen molar-refractivity contribution < 1.29 is 14.3 Å². The van der Waals surface area contributed by atoms with E-state index >= 15 is 0 Å². The molecule has 1 amide bonds. The standard InChI is InChI=1S/C15H19NO3/c1-15(2,3)19-14(18)16-9-12-7-5-4-6-11(12)8-13(16)10-17/h4-7,10,13H,8-9H2,1-3H3/t13-/m0/s1. The first-order chi connectivity index (χ1) is 8.90. The van der Waals surface area contributed by atoms with Gasteiger partial charge in [0.05, 0.1) is 12.6 Å². The second-order valence-corrected chi connectivity index (χ2v) is 5.78. The van der Waals surface area contributed by atoms with Crippen LogP contribution in [0, 0.1) is 0 Å². The largest absolute Gasteiger partial charge is 0.444 e. The zero-order chi connectivity index (χ0) is 14.0. The predicted octanol–water partition coefficient (Wildman–Crippen LogP) is 2.55. The van der Waals surface area contributed by atoms with Crippen molar-refractivity contribution in [3.05, 3.63) is 35.4 Å². The van der Waals surface area contributed by atoms with E-state index in [2.05, 4.69) is 0 Å². The molecule has 0 bridgehead atoms. The molecule has 1 aliphatic rings. The number of nitrogens with zero attached hydrogens (tertiary/aromatic N) is 1. The third-order valence-electron chi connectivity index (χ3n) is 3.07. The summed E-state index contributed by atoms with van der Waals surface area (Å²) in [5.41, 5.74) is 1.65. The van der Waals surface area contributed by atoms with Crippen LogP contribution in [-0.2, 0) is 22.5 Å². The van der Waals surface area contributed by atoms with E-state index < -0.39 is 17.7 Å². The third-order valence-corrected chi connectivity index (χ3v) is 3.07. The summed E-state index contributed by atoms with van der Waals surface area (Å²) < 4.78 is 5.35. The van der Waals surface area contributed by atoms with Gasteiger partial charge in [-0.1, -0.05) is 24.3 Å². The first kappa shape index (κ1) is 13.6. The van der Waals surface area contributed by atoms with Gasteiger partial charge in [-0.2, -0.15) is 0 Å². The minimum Gasteiger partial charge on any atom is -0.444 e. The molecule has 0 aromatic heterocycles. The van der Waals surface area contributed by atoms with Gasteiger partial charge in [-0.15, -0.1) is 0 Å². The summed E-state index contributed by atoms with van der Waals surface area (Å²) >= 11 is 0. The van der Waals surface area contributed by atoms with Crippen molar-refractivity contribution in [3.63, 3.8) is 0 Å². The molecule has 102 valence electrons. The van der Waals surface area contributed by atoms with E-state index in [1.165, 1.54) is 4.90 Å². The lowest BCUT2D eigenvalue weighted by Crippen LogP contribution is -2.47. The van der Waals surface area contributed by atoms with E-state index in [1.807, 2.05) is 45.0 Å². The summed E-state index contributed by atoms with van der Waals surface area (Å²) in [6, 6.07) is 7.42. The molecule has 4 nitrogen and oxygen atoms in total. The maximum atomic E-state index is 12.1. The van der Waals surface area contributed by atoms with E-state index in [9.17, 15) is 9.59 Å². The van der Waals surface area contributed by atoms with Crippen LogP contribution >= 0.6 is 0 Å². The van der Waals surface area contributed by atoms with Crippen LogP contribution in [0.5, 0.6) is 0 Å². The molecule has 0 saturated heterocycles. The van der Waals surface area contributed by atoms with Crippen LogP contribution in [0.2, 0.25) is 0 Å². The number of aldehydes is 1. The van der Waals surface area contributed by atoms with Gasteiger partial charge in [0.1, 0.15) is 11.9 Å². The Morgan fingerprint density at radius 3 is 2.53 bits per heavy atom. The zero-order valence-electron chi connectivity index (χ0n) is 11.6. The highest BCUT2D eigenvalue weighted by Crippen LogP contribution is 2.24. The molecule has 1 aromatic rings. The average Bonchev–Trinajstić information content (AvgIpc) is 2.35. The molecule has 0 spiro atoms. The Labute approximate surface area is 113 Å². The zero-order valence-corrected chi connectivity index (χ0v) is 11.6. The van der Waals surface area contributed by atoms with Gasteiger partial charge in [-0.3, -0.25) is 4.90 Å². The average molecular weight is 261 g/mol. The fourth-order valence-corrected chi connectivity index (χ4v) is 2.19. The lowest BCUT2D eigenvalue weighted by Gasteiger charge is -2.35. The summed E-state index contributed by atoms with van der Waals surface area (Å²) in [7, 11) is 0. The molecular formula is C15H19NO3. The maximum Gasteiger partial charge on any atom is 0.411 e. The SMILES string of the molecule is CC(C)(C)OC(=O)N1Cc2ccccc2C[C@H]1C=O. The van der Waals surface area contributed by atoms with E-state index in [0.717, 1.165) is 17.4 Å². The third kappa shape index (κ3) is 3.13.